The van der Waals surface area contributed by atoms with Crippen molar-refractivity contribution in [1.29, 1.82) is 0 Å². The highest BCUT2D eigenvalue weighted by Gasteiger charge is 2.40. The molecule has 1 unspecified atom stereocenters. The van der Waals surface area contributed by atoms with E-state index in [1.807, 2.05) is 12.4 Å². The molecule has 1 aliphatic heterocycles. The third-order valence-corrected chi connectivity index (χ3v) is 6.73. The predicted molar refractivity (Wildman–Crippen MR) is 106 cm³/mol. The van der Waals surface area contributed by atoms with Crippen molar-refractivity contribution in [3.05, 3.63) is 58.2 Å². The van der Waals surface area contributed by atoms with E-state index in [2.05, 4.69) is 55.0 Å². The lowest BCUT2D eigenvalue weighted by molar-refractivity contribution is 0.141. The van der Waals surface area contributed by atoms with Gasteiger partial charge in [0.25, 0.3) is 0 Å². The van der Waals surface area contributed by atoms with Crippen molar-refractivity contribution in [2.45, 2.75) is 58.0 Å². The molecule has 0 saturated carbocycles. The van der Waals surface area contributed by atoms with Gasteiger partial charge in [-0.1, -0.05) is 0 Å². The SMILES string of the molecule is CC1c2cc3nc4c(nc3cc2C(C)(C)N1C)CCc1cnncc1CC4. The average molecular weight is 359 g/mol. The summed E-state index contributed by atoms with van der Waals surface area (Å²) in [5, 5.41) is 8.11. The summed E-state index contributed by atoms with van der Waals surface area (Å²) < 4.78 is 0. The number of benzene rings is 1. The molecule has 3 aromatic rings. The minimum absolute atomic E-state index is 0.0203. The summed E-state index contributed by atoms with van der Waals surface area (Å²) in [5.41, 5.74) is 9.71. The highest BCUT2D eigenvalue weighted by Crippen LogP contribution is 2.45. The Kier molecular flexibility index (Phi) is 3.60. The molecule has 2 aromatic heterocycles. The maximum absolute atomic E-state index is 5.07. The molecule has 1 aliphatic carbocycles. The monoisotopic (exact) mass is 359 g/mol. The maximum atomic E-state index is 5.07. The highest BCUT2D eigenvalue weighted by molar-refractivity contribution is 5.78. The number of aromatic nitrogens is 4. The van der Waals surface area contributed by atoms with Crippen LogP contribution in [0, 0.1) is 0 Å². The maximum Gasteiger partial charge on any atom is 0.0894 e. The van der Waals surface area contributed by atoms with Crippen molar-refractivity contribution in [3.8, 4) is 0 Å². The van der Waals surface area contributed by atoms with E-state index in [0.29, 0.717) is 6.04 Å². The van der Waals surface area contributed by atoms with E-state index in [0.717, 1.165) is 48.1 Å². The molecule has 5 heteroatoms. The molecule has 1 aromatic carbocycles. The first-order valence-corrected chi connectivity index (χ1v) is 9.80. The largest absolute Gasteiger partial charge is 0.290 e. The van der Waals surface area contributed by atoms with Gasteiger partial charge in [0.15, 0.2) is 0 Å². The second-order valence-corrected chi connectivity index (χ2v) is 8.43. The molecule has 27 heavy (non-hydrogen) atoms. The molecular weight excluding hydrogens is 334 g/mol. The lowest BCUT2D eigenvalue weighted by Gasteiger charge is -2.31. The van der Waals surface area contributed by atoms with Crippen LogP contribution >= 0.6 is 0 Å². The molecule has 0 fully saturated rings. The highest BCUT2D eigenvalue weighted by atomic mass is 15.2. The molecule has 0 saturated heterocycles. The summed E-state index contributed by atoms with van der Waals surface area (Å²) >= 11 is 0. The van der Waals surface area contributed by atoms with Gasteiger partial charge >= 0.3 is 0 Å². The number of nitrogens with zero attached hydrogens (tertiary/aromatic N) is 5. The van der Waals surface area contributed by atoms with E-state index in [4.69, 9.17) is 9.97 Å². The van der Waals surface area contributed by atoms with E-state index in [1.165, 1.54) is 22.3 Å². The van der Waals surface area contributed by atoms with Gasteiger partial charge in [-0.25, -0.2) is 9.97 Å². The average Bonchev–Trinajstić information content (AvgIpc) is 2.82. The molecule has 0 bridgehead atoms. The van der Waals surface area contributed by atoms with Gasteiger partial charge in [0.2, 0.25) is 0 Å². The third-order valence-electron chi connectivity index (χ3n) is 6.73. The Labute approximate surface area is 159 Å². The van der Waals surface area contributed by atoms with Gasteiger partial charge in [-0.15, -0.1) is 0 Å². The van der Waals surface area contributed by atoms with Crippen molar-refractivity contribution >= 4 is 11.0 Å². The van der Waals surface area contributed by atoms with Crippen LogP contribution in [0.25, 0.3) is 11.0 Å². The first-order valence-electron chi connectivity index (χ1n) is 9.80. The van der Waals surface area contributed by atoms with Crippen LogP contribution in [-0.4, -0.2) is 32.1 Å². The Morgan fingerprint density at radius 1 is 0.889 bits per heavy atom. The summed E-state index contributed by atoms with van der Waals surface area (Å²) in [5.74, 6) is 0. The first-order chi connectivity index (χ1) is 12.9. The lowest BCUT2D eigenvalue weighted by atomic mass is 9.92. The lowest BCUT2D eigenvalue weighted by Crippen LogP contribution is -2.33. The van der Waals surface area contributed by atoms with Crippen molar-refractivity contribution < 1.29 is 0 Å². The van der Waals surface area contributed by atoms with Crippen molar-refractivity contribution in [3.63, 3.8) is 0 Å². The minimum Gasteiger partial charge on any atom is -0.290 e. The summed E-state index contributed by atoms with van der Waals surface area (Å²) in [6, 6.07) is 4.94. The van der Waals surface area contributed by atoms with Crippen LogP contribution in [0.2, 0.25) is 0 Å². The van der Waals surface area contributed by atoms with E-state index < -0.39 is 0 Å². The predicted octanol–water partition coefficient (Wildman–Crippen LogP) is 3.55. The number of hydrogen-bond acceptors (Lipinski definition) is 5. The summed E-state index contributed by atoms with van der Waals surface area (Å²) in [4.78, 5) is 12.6. The fourth-order valence-electron chi connectivity index (χ4n) is 4.68. The molecule has 0 radical (unpaired) electrons. The Bertz CT molecular complexity index is 1060. The van der Waals surface area contributed by atoms with E-state index in [-0.39, 0.29) is 5.54 Å². The Morgan fingerprint density at radius 3 is 2.04 bits per heavy atom. The normalized spacial score (nSPS) is 21.3. The zero-order valence-corrected chi connectivity index (χ0v) is 16.5. The van der Waals surface area contributed by atoms with Crippen molar-refractivity contribution in [2.24, 2.45) is 0 Å². The van der Waals surface area contributed by atoms with Gasteiger partial charge in [0.05, 0.1) is 34.8 Å². The first kappa shape index (κ1) is 16.8. The Balaban J connectivity index is 1.62. The molecule has 1 atom stereocenters. The van der Waals surface area contributed by atoms with Gasteiger partial charge in [0.1, 0.15) is 0 Å². The van der Waals surface area contributed by atoms with Gasteiger partial charge < -0.3 is 0 Å². The quantitative estimate of drug-likeness (QED) is 0.614. The van der Waals surface area contributed by atoms with Crippen LogP contribution in [0.5, 0.6) is 0 Å². The van der Waals surface area contributed by atoms with E-state index in [1.54, 1.807) is 0 Å². The summed E-state index contributed by atoms with van der Waals surface area (Å²) in [6.45, 7) is 6.86. The van der Waals surface area contributed by atoms with Crippen LogP contribution < -0.4 is 0 Å². The van der Waals surface area contributed by atoms with Crippen LogP contribution in [0.4, 0.5) is 0 Å². The molecule has 0 amide bonds. The fraction of sp³-hybridized carbons (Fsp3) is 0.455. The number of aryl methyl sites for hydroxylation is 4. The second-order valence-electron chi connectivity index (χ2n) is 8.43. The molecule has 138 valence electrons. The van der Waals surface area contributed by atoms with Crippen LogP contribution in [0.3, 0.4) is 0 Å². The second kappa shape index (κ2) is 5.80. The summed E-state index contributed by atoms with van der Waals surface area (Å²) in [7, 11) is 2.20. The van der Waals surface area contributed by atoms with Crippen molar-refractivity contribution in [1.82, 2.24) is 25.1 Å². The van der Waals surface area contributed by atoms with Crippen LogP contribution in [-0.2, 0) is 31.2 Å². The zero-order chi connectivity index (χ0) is 18.8. The van der Waals surface area contributed by atoms with Gasteiger partial charge in [-0.2, -0.15) is 10.2 Å². The minimum atomic E-state index is 0.0203. The van der Waals surface area contributed by atoms with Crippen LogP contribution in [0.1, 0.15) is 60.5 Å². The number of hydrogen-bond donors (Lipinski definition) is 0. The van der Waals surface area contributed by atoms with Gasteiger partial charge in [-0.3, -0.25) is 4.90 Å². The van der Waals surface area contributed by atoms with E-state index >= 15 is 0 Å². The molecule has 0 spiro atoms. The number of fused-ring (bicyclic) bond motifs is 4. The smallest absolute Gasteiger partial charge is 0.0894 e. The van der Waals surface area contributed by atoms with Crippen LogP contribution in [0.15, 0.2) is 24.5 Å². The standard InChI is InChI=1S/C22H25N5/c1-13-16-9-20-21(10-17(16)22(2,3)27(13)4)26-19-8-6-15-12-24-23-11-14(15)5-7-18(19)25-20/h9-13H,5-8H2,1-4H3. The molecule has 0 N–H and O–H groups in total. The molecular formula is C22H25N5. The summed E-state index contributed by atoms with van der Waals surface area (Å²) in [6.07, 6.45) is 7.54. The third kappa shape index (κ3) is 2.48. The fourth-order valence-corrected chi connectivity index (χ4v) is 4.68. The molecule has 5 rings (SSSR count). The molecule has 2 aliphatic rings. The van der Waals surface area contributed by atoms with Crippen molar-refractivity contribution in [2.75, 3.05) is 7.05 Å². The van der Waals surface area contributed by atoms with E-state index in [9.17, 15) is 0 Å². The molecule has 3 heterocycles. The van der Waals surface area contributed by atoms with Gasteiger partial charge in [0, 0.05) is 11.6 Å². The van der Waals surface area contributed by atoms with Gasteiger partial charge in [-0.05, 0) is 87.9 Å². The Morgan fingerprint density at radius 2 is 1.44 bits per heavy atom. The topological polar surface area (TPSA) is 54.8 Å². The molecule has 5 nitrogen and oxygen atoms in total. The number of rotatable bonds is 0. The zero-order valence-electron chi connectivity index (χ0n) is 16.5. The Hall–Kier alpha value is -2.40.